The molecule has 0 radical (unpaired) electrons. The van der Waals surface area contributed by atoms with Crippen LogP contribution < -0.4 is 11.3 Å². The second-order valence-electron chi connectivity index (χ2n) is 4.04. The van der Waals surface area contributed by atoms with Crippen molar-refractivity contribution in [3.05, 3.63) is 63.6 Å². The lowest BCUT2D eigenvalue weighted by Gasteiger charge is -2.16. The van der Waals surface area contributed by atoms with E-state index in [1.807, 2.05) is 6.07 Å². The van der Waals surface area contributed by atoms with Crippen LogP contribution in [0.2, 0.25) is 10.0 Å². The third-order valence-corrected chi connectivity index (χ3v) is 3.48. The van der Waals surface area contributed by atoms with Gasteiger partial charge in [-0.15, -0.1) is 0 Å². The van der Waals surface area contributed by atoms with Crippen LogP contribution in [0.3, 0.4) is 0 Å². The lowest BCUT2D eigenvalue weighted by atomic mass is 10.0. The van der Waals surface area contributed by atoms with Crippen molar-refractivity contribution >= 4 is 23.2 Å². The molecule has 0 bridgehead atoms. The molecule has 0 saturated heterocycles. The van der Waals surface area contributed by atoms with E-state index in [1.165, 1.54) is 18.3 Å². The Morgan fingerprint density at radius 3 is 2.68 bits per heavy atom. The highest BCUT2D eigenvalue weighted by Crippen LogP contribution is 2.25. The van der Waals surface area contributed by atoms with Gasteiger partial charge in [-0.05, 0) is 36.2 Å². The Morgan fingerprint density at radius 1 is 1.26 bits per heavy atom. The van der Waals surface area contributed by atoms with E-state index in [0.29, 0.717) is 16.5 Å². The van der Waals surface area contributed by atoms with Crippen LogP contribution in [0.5, 0.6) is 0 Å². The van der Waals surface area contributed by atoms with E-state index >= 15 is 0 Å². The van der Waals surface area contributed by atoms with Crippen molar-refractivity contribution in [2.24, 2.45) is 5.84 Å². The molecule has 0 fully saturated rings. The SMILES string of the molecule is NNC(Cc1ccc(Cl)c(Cl)c1)c1ncccc1F. The van der Waals surface area contributed by atoms with Crippen LogP contribution in [0.1, 0.15) is 17.3 Å². The minimum Gasteiger partial charge on any atom is -0.271 e. The maximum Gasteiger partial charge on any atom is 0.146 e. The van der Waals surface area contributed by atoms with Gasteiger partial charge in [-0.25, -0.2) is 4.39 Å². The standard InChI is InChI=1S/C13H12Cl2FN3/c14-9-4-3-8(6-10(9)15)7-12(19-17)13-11(16)2-1-5-18-13/h1-6,12,19H,7,17H2. The topological polar surface area (TPSA) is 50.9 Å². The van der Waals surface area contributed by atoms with Crippen LogP contribution >= 0.6 is 23.2 Å². The van der Waals surface area contributed by atoms with Crippen LogP contribution in [0.15, 0.2) is 36.5 Å². The van der Waals surface area contributed by atoms with Gasteiger partial charge in [0.05, 0.1) is 21.8 Å². The molecule has 1 unspecified atom stereocenters. The van der Waals surface area contributed by atoms with Gasteiger partial charge in [0, 0.05) is 6.20 Å². The molecule has 0 spiro atoms. The molecule has 3 nitrogen and oxygen atoms in total. The molecule has 0 aliphatic carbocycles. The Hall–Kier alpha value is -1.20. The first-order valence-electron chi connectivity index (χ1n) is 5.62. The molecule has 1 heterocycles. The Bertz CT molecular complexity index is 578. The number of benzene rings is 1. The molecule has 2 aromatic rings. The quantitative estimate of drug-likeness (QED) is 0.673. The molecular formula is C13H12Cl2FN3. The van der Waals surface area contributed by atoms with Crippen molar-refractivity contribution in [2.45, 2.75) is 12.5 Å². The maximum absolute atomic E-state index is 13.7. The number of hydrogen-bond donors (Lipinski definition) is 2. The summed E-state index contributed by atoms with van der Waals surface area (Å²) in [6.07, 6.45) is 1.99. The van der Waals surface area contributed by atoms with Crippen LogP contribution in [-0.4, -0.2) is 4.98 Å². The minimum atomic E-state index is -0.432. The number of nitrogens with two attached hydrogens (primary N) is 1. The highest BCUT2D eigenvalue weighted by molar-refractivity contribution is 6.42. The van der Waals surface area contributed by atoms with Gasteiger partial charge in [0.1, 0.15) is 5.82 Å². The Labute approximate surface area is 120 Å². The van der Waals surface area contributed by atoms with E-state index in [2.05, 4.69) is 10.4 Å². The molecule has 1 aromatic carbocycles. The van der Waals surface area contributed by atoms with Gasteiger partial charge in [-0.2, -0.15) is 0 Å². The molecule has 100 valence electrons. The van der Waals surface area contributed by atoms with E-state index in [1.54, 1.807) is 12.1 Å². The summed E-state index contributed by atoms with van der Waals surface area (Å²) in [6, 6.07) is 7.70. The first kappa shape index (κ1) is 14.2. The normalized spacial score (nSPS) is 12.4. The summed E-state index contributed by atoms with van der Waals surface area (Å²) < 4.78 is 13.7. The van der Waals surface area contributed by atoms with Gasteiger partial charge >= 0.3 is 0 Å². The molecule has 1 aromatic heterocycles. The summed E-state index contributed by atoms with van der Waals surface area (Å²) >= 11 is 11.8. The highest BCUT2D eigenvalue weighted by Gasteiger charge is 2.16. The molecular weight excluding hydrogens is 288 g/mol. The summed E-state index contributed by atoms with van der Waals surface area (Å²) in [6.45, 7) is 0. The largest absolute Gasteiger partial charge is 0.271 e. The number of aromatic nitrogens is 1. The number of halogens is 3. The molecule has 6 heteroatoms. The number of nitrogens with zero attached hydrogens (tertiary/aromatic N) is 1. The first-order valence-corrected chi connectivity index (χ1v) is 6.38. The molecule has 0 aliphatic rings. The van der Waals surface area contributed by atoms with Gasteiger partial charge in [0.2, 0.25) is 0 Å². The second-order valence-corrected chi connectivity index (χ2v) is 4.86. The molecule has 0 saturated carbocycles. The average molecular weight is 300 g/mol. The summed E-state index contributed by atoms with van der Waals surface area (Å²) in [4.78, 5) is 4.01. The van der Waals surface area contributed by atoms with Gasteiger partial charge in [0.15, 0.2) is 0 Å². The zero-order chi connectivity index (χ0) is 13.8. The third kappa shape index (κ3) is 3.42. The molecule has 0 amide bonds. The number of hydrogen-bond acceptors (Lipinski definition) is 3. The average Bonchev–Trinajstić information content (AvgIpc) is 2.41. The third-order valence-electron chi connectivity index (χ3n) is 2.74. The summed E-state index contributed by atoms with van der Waals surface area (Å²) in [5.41, 5.74) is 3.73. The Morgan fingerprint density at radius 2 is 2.05 bits per heavy atom. The lowest BCUT2D eigenvalue weighted by molar-refractivity contribution is 0.495. The van der Waals surface area contributed by atoms with Crippen LogP contribution in [0.25, 0.3) is 0 Å². The predicted octanol–water partition coefficient (Wildman–Crippen LogP) is 3.27. The maximum atomic E-state index is 13.7. The summed E-state index contributed by atoms with van der Waals surface area (Å²) in [5, 5.41) is 0.933. The van der Waals surface area contributed by atoms with E-state index < -0.39 is 11.9 Å². The van der Waals surface area contributed by atoms with Crippen molar-refractivity contribution in [1.82, 2.24) is 10.4 Å². The van der Waals surface area contributed by atoms with Crippen LogP contribution in [-0.2, 0) is 6.42 Å². The van der Waals surface area contributed by atoms with Gasteiger partial charge in [0.25, 0.3) is 0 Å². The molecule has 2 rings (SSSR count). The summed E-state index contributed by atoms with van der Waals surface area (Å²) in [5.74, 6) is 5.08. The Balaban J connectivity index is 2.24. The molecule has 0 aliphatic heterocycles. The second kappa shape index (κ2) is 6.30. The van der Waals surface area contributed by atoms with E-state index in [-0.39, 0.29) is 5.69 Å². The lowest BCUT2D eigenvalue weighted by Crippen LogP contribution is -2.31. The van der Waals surface area contributed by atoms with Crippen molar-refractivity contribution in [1.29, 1.82) is 0 Å². The van der Waals surface area contributed by atoms with Crippen LogP contribution in [0.4, 0.5) is 4.39 Å². The van der Waals surface area contributed by atoms with Crippen molar-refractivity contribution in [3.8, 4) is 0 Å². The van der Waals surface area contributed by atoms with Gasteiger partial charge < -0.3 is 0 Å². The fraction of sp³-hybridized carbons (Fsp3) is 0.154. The van der Waals surface area contributed by atoms with E-state index in [4.69, 9.17) is 29.0 Å². The zero-order valence-electron chi connectivity index (χ0n) is 9.91. The number of pyridine rings is 1. The number of rotatable bonds is 4. The van der Waals surface area contributed by atoms with Crippen LogP contribution in [0, 0.1) is 5.82 Å². The zero-order valence-corrected chi connectivity index (χ0v) is 11.4. The monoisotopic (exact) mass is 299 g/mol. The summed E-state index contributed by atoms with van der Waals surface area (Å²) in [7, 11) is 0. The van der Waals surface area contributed by atoms with E-state index in [0.717, 1.165) is 5.56 Å². The number of hydrazine groups is 1. The highest BCUT2D eigenvalue weighted by atomic mass is 35.5. The minimum absolute atomic E-state index is 0.274. The van der Waals surface area contributed by atoms with Crippen molar-refractivity contribution in [2.75, 3.05) is 0 Å². The molecule has 19 heavy (non-hydrogen) atoms. The fourth-order valence-corrected chi connectivity index (χ4v) is 2.11. The molecule has 1 atom stereocenters. The predicted molar refractivity (Wildman–Crippen MR) is 74.4 cm³/mol. The van der Waals surface area contributed by atoms with Crippen molar-refractivity contribution in [3.63, 3.8) is 0 Å². The molecule has 3 N–H and O–H groups in total. The smallest absolute Gasteiger partial charge is 0.146 e. The fourth-order valence-electron chi connectivity index (χ4n) is 1.79. The van der Waals surface area contributed by atoms with Crippen molar-refractivity contribution < 1.29 is 4.39 Å². The first-order chi connectivity index (χ1) is 9.11. The van der Waals surface area contributed by atoms with Gasteiger partial charge in [-0.1, -0.05) is 29.3 Å². The van der Waals surface area contributed by atoms with Gasteiger partial charge in [-0.3, -0.25) is 16.3 Å². The number of nitrogens with one attached hydrogen (secondary N) is 1. The Kier molecular flexibility index (Phi) is 4.71. The van der Waals surface area contributed by atoms with E-state index in [9.17, 15) is 4.39 Å².